The van der Waals surface area contributed by atoms with Crippen molar-refractivity contribution in [3.8, 4) is 11.5 Å². The van der Waals surface area contributed by atoms with E-state index < -0.39 is 0 Å². The van der Waals surface area contributed by atoms with E-state index >= 15 is 0 Å². The lowest BCUT2D eigenvalue weighted by molar-refractivity contribution is 0.0674. The number of pyridine rings is 1. The van der Waals surface area contributed by atoms with Crippen LogP contribution in [0.25, 0.3) is 0 Å². The molecule has 0 aliphatic heterocycles. The Morgan fingerprint density at radius 3 is 2.54 bits per heavy atom. The van der Waals surface area contributed by atoms with Crippen molar-refractivity contribution in [1.29, 1.82) is 0 Å². The fourth-order valence-corrected chi connectivity index (χ4v) is 2.37. The minimum absolute atomic E-state index is 0.159. The van der Waals surface area contributed by atoms with Crippen molar-refractivity contribution in [2.75, 3.05) is 34.5 Å². The molecule has 0 unspecified atom stereocenters. The van der Waals surface area contributed by atoms with Gasteiger partial charge in [0.1, 0.15) is 0 Å². The quantitative estimate of drug-likeness (QED) is 0.744. The fourth-order valence-electron chi connectivity index (χ4n) is 2.37. The van der Waals surface area contributed by atoms with E-state index in [1.807, 2.05) is 18.2 Å². The smallest absolute Gasteiger partial charge is 0.258 e. The summed E-state index contributed by atoms with van der Waals surface area (Å²) in [5.74, 6) is 0.787. The molecule has 0 atom stereocenters. The number of hydrogen-bond acceptors (Lipinski definition) is 5. The van der Waals surface area contributed by atoms with Crippen molar-refractivity contribution in [3.63, 3.8) is 0 Å². The average molecular weight is 330 g/mol. The van der Waals surface area contributed by atoms with Gasteiger partial charge < -0.3 is 19.1 Å². The molecular weight excluding hydrogens is 308 g/mol. The molecule has 1 aromatic heterocycles. The summed E-state index contributed by atoms with van der Waals surface area (Å²) in [6.07, 6.45) is 1.71. The number of aromatic nitrogens is 1. The first-order valence-corrected chi connectivity index (χ1v) is 7.60. The number of para-hydroxylation sites is 1. The van der Waals surface area contributed by atoms with Crippen molar-refractivity contribution in [3.05, 3.63) is 53.9 Å². The van der Waals surface area contributed by atoms with Gasteiger partial charge in [-0.15, -0.1) is 0 Å². The Bertz CT molecular complexity index is 661. The highest BCUT2D eigenvalue weighted by Gasteiger charge is 2.22. The molecule has 1 amide bonds. The average Bonchev–Trinajstić information content (AvgIpc) is 2.64. The first-order valence-electron chi connectivity index (χ1n) is 7.60. The number of carbonyl (C=O) groups is 1. The molecule has 0 fully saturated rings. The second kappa shape index (κ2) is 8.88. The molecule has 2 rings (SSSR count). The number of carbonyl (C=O) groups excluding carboxylic acids is 1. The van der Waals surface area contributed by atoms with E-state index in [9.17, 15) is 4.79 Å². The van der Waals surface area contributed by atoms with Crippen molar-refractivity contribution >= 4 is 5.91 Å². The third-order valence-corrected chi connectivity index (χ3v) is 3.56. The molecule has 0 N–H and O–H groups in total. The second-order valence-electron chi connectivity index (χ2n) is 5.08. The molecule has 0 saturated carbocycles. The minimum atomic E-state index is -0.159. The molecule has 24 heavy (non-hydrogen) atoms. The Labute approximate surface area is 142 Å². The molecule has 6 nitrogen and oxygen atoms in total. The van der Waals surface area contributed by atoms with Gasteiger partial charge in [0.05, 0.1) is 38.6 Å². The van der Waals surface area contributed by atoms with E-state index in [0.29, 0.717) is 36.8 Å². The van der Waals surface area contributed by atoms with E-state index in [4.69, 9.17) is 14.2 Å². The van der Waals surface area contributed by atoms with Gasteiger partial charge in [-0.2, -0.15) is 0 Å². The van der Waals surface area contributed by atoms with Gasteiger partial charge in [0, 0.05) is 19.9 Å². The summed E-state index contributed by atoms with van der Waals surface area (Å²) in [6, 6.07) is 10.9. The van der Waals surface area contributed by atoms with Crippen LogP contribution in [0.4, 0.5) is 0 Å². The van der Waals surface area contributed by atoms with Gasteiger partial charge >= 0.3 is 0 Å². The van der Waals surface area contributed by atoms with Crippen molar-refractivity contribution in [1.82, 2.24) is 9.88 Å². The number of ether oxygens (including phenoxy) is 3. The van der Waals surface area contributed by atoms with Crippen LogP contribution in [0, 0.1) is 0 Å². The lowest BCUT2D eigenvalue weighted by Gasteiger charge is -2.23. The first-order chi connectivity index (χ1) is 11.7. The molecule has 128 valence electrons. The third kappa shape index (κ3) is 4.23. The molecular formula is C18H22N2O4. The van der Waals surface area contributed by atoms with Gasteiger partial charge in [-0.1, -0.05) is 12.1 Å². The van der Waals surface area contributed by atoms with Crippen LogP contribution < -0.4 is 9.47 Å². The summed E-state index contributed by atoms with van der Waals surface area (Å²) in [5, 5.41) is 0. The van der Waals surface area contributed by atoms with Crippen LogP contribution in [-0.4, -0.2) is 50.3 Å². The van der Waals surface area contributed by atoms with E-state index in [-0.39, 0.29) is 5.91 Å². The Morgan fingerprint density at radius 2 is 1.92 bits per heavy atom. The lowest BCUT2D eigenvalue weighted by atomic mass is 10.1. The molecule has 0 radical (unpaired) electrons. The standard InChI is InChI=1S/C18H22N2O4/c1-22-12-11-20(13-14-7-4-5-10-19-14)18(21)15-8-6-9-16(23-2)17(15)24-3/h4-10H,11-13H2,1-3H3. The van der Waals surface area contributed by atoms with Gasteiger partial charge in [-0.3, -0.25) is 9.78 Å². The van der Waals surface area contributed by atoms with Crippen molar-refractivity contribution in [2.24, 2.45) is 0 Å². The van der Waals surface area contributed by atoms with E-state index in [2.05, 4.69) is 4.98 Å². The summed E-state index contributed by atoms with van der Waals surface area (Å²) in [5.41, 5.74) is 1.26. The second-order valence-corrected chi connectivity index (χ2v) is 5.08. The number of benzene rings is 1. The first kappa shape index (κ1) is 17.7. The molecule has 0 spiro atoms. The van der Waals surface area contributed by atoms with Crippen LogP contribution in [0.3, 0.4) is 0 Å². The highest BCUT2D eigenvalue weighted by molar-refractivity contribution is 5.97. The lowest BCUT2D eigenvalue weighted by Crippen LogP contribution is -2.34. The largest absolute Gasteiger partial charge is 0.493 e. The molecule has 1 aromatic carbocycles. The number of nitrogens with zero attached hydrogens (tertiary/aromatic N) is 2. The van der Waals surface area contributed by atoms with Gasteiger partial charge in [0.15, 0.2) is 11.5 Å². The Hall–Kier alpha value is -2.60. The highest BCUT2D eigenvalue weighted by Crippen LogP contribution is 2.31. The fraction of sp³-hybridized carbons (Fsp3) is 0.333. The van der Waals surface area contributed by atoms with Crippen LogP contribution in [0.2, 0.25) is 0 Å². The van der Waals surface area contributed by atoms with Crippen LogP contribution in [0.1, 0.15) is 16.1 Å². The van der Waals surface area contributed by atoms with Crippen LogP contribution in [0.5, 0.6) is 11.5 Å². The predicted octanol–water partition coefficient (Wildman–Crippen LogP) is 2.39. The van der Waals surface area contributed by atoms with Crippen LogP contribution in [0.15, 0.2) is 42.6 Å². The van der Waals surface area contributed by atoms with Gasteiger partial charge in [0.25, 0.3) is 5.91 Å². The molecule has 0 saturated heterocycles. The number of hydrogen-bond donors (Lipinski definition) is 0. The summed E-state index contributed by atoms with van der Waals surface area (Å²) >= 11 is 0. The topological polar surface area (TPSA) is 60.9 Å². The molecule has 1 heterocycles. The molecule has 2 aromatic rings. The number of methoxy groups -OCH3 is 3. The van der Waals surface area contributed by atoms with Crippen LogP contribution in [-0.2, 0) is 11.3 Å². The summed E-state index contributed by atoms with van der Waals surface area (Å²) in [6.45, 7) is 1.28. The van der Waals surface area contributed by atoms with Gasteiger partial charge in [-0.05, 0) is 24.3 Å². The van der Waals surface area contributed by atoms with Gasteiger partial charge in [-0.25, -0.2) is 0 Å². The Kier molecular flexibility index (Phi) is 6.57. The molecule has 6 heteroatoms. The van der Waals surface area contributed by atoms with E-state index in [1.165, 1.54) is 7.11 Å². The maximum Gasteiger partial charge on any atom is 0.258 e. The van der Waals surface area contributed by atoms with E-state index in [1.54, 1.807) is 43.5 Å². The predicted molar refractivity (Wildman–Crippen MR) is 90.4 cm³/mol. The van der Waals surface area contributed by atoms with Crippen molar-refractivity contribution < 1.29 is 19.0 Å². The number of rotatable bonds is 8. The molecule has 0 aliphatic rings. The summed E-state index contributed by atoms with van der Waals surface area (Å²) in [7, 11) is 4.67. The Morgan fingerprint density at radius 1 is 1.08 bits per heavy atom. The summed E-state index contributed by atoms with van der Waals surface area (Å²) < 4.78 is 15.8. The zero-order valence-electron chi connectivity index (χ0n) is 14.2. The normalized spacial score (nSPS) is 10.3. The maximum absolute atomic E-state index is 13.0. The van der Waals surface area contributed by atoms with Gasteiger partial charge in [0.2, 0.25) is 0 Å². The maximum atomic E-state index is 13.0. The van der Waals surface area contributed by atoms with Crippen LogP contribution >= 0.6 is 0 Å². The SMILES string of the molecule is COCCN(Cc1ccccn1)C(=O)c1cccc(OC)c1OC. The van der Waals surface area contributed by atoms with Crippen molar-refractivity contribution in [2.45, 2.75) is 6.54 Å². The Balaban J connectivity index is 2.30. The zero-order chi connectivity index (χ0) is 17.4. The monoisotopic (exact) mass is 330 g/mol. The minimum Gasteiger partial charge on any atom is -0.493 e. The summed E-state index contributed by atoms with van der Waals surface area (Å²) in [4.78, 5) is 19.0. The number of amides is 1. The zero-order valence-corrected chi connectivity index (χ0v) is 14.2. The molecule has 0 aliphatic carbocycles. The molecule has 0 bridgehead atoms. The highest BCUT2D eigenvalue weighted by atomic mass is 16.5. The third-order valence-electron chi connectivity index (χ3n) is 3.56. The van der Waals surface area contributed by atoms with E-state index in [0.717, 1.165) is 5.69 Å².